The van der Waals surface area contributed by atoms with Crippen molar-refractivity contribution >= 4 is 23.2 Å². The molecule has 7 nitrogen and oxygen atoms in total. The molecule has 0 N–H and O–H groups in total. The molecule has 2 aromatic rings. The fraction of sp³-hybridized carbons (Fsp3) is 0.350. The van der Waals surface area contributed by atoms with E-state index in [0.717, 1.165) is 25.4 Å². The maximum absolute atomic E-state index is 12.7. The zero-order chi connectivity index (χ0) is 20.1. The fourth-order valence-corrected chi connectivity index (χ4v) is 3.25. The molecule has 0 aliphatic carbocycles. The van der Waals surface area contributed by atoms with Crippen LogP contribution >= 0.6 is 11.6 Å². The van der Waals surface area contributed by atoms with Crippen LogP contribution in [0.5, 0.6) is 5.75 Å². The van der Waals surface area contributed by atoms with Gasteiger partial charge in [-0.3, -0.25) is 19.8 Å². The van der Waals surface area contributed by atoms with Gasteiger partial charge in [0, 0.05) is 54.9 Å². The van der Waals surface area contributed by atoms with Gasteiger partial charge in [0.25, 0.3) is 11.6 Å². The summed E-state index contributed by atoms with van der Waals surface area (Å²) in [4.78, 5) is 27.3. The minimum Gasteiger partial charge on any atom is -0.492 e. The van der Waals surface area contributed by atoms with E-state index in [2.05, 4.69) is 4.90 Å². The Morgan fingerprint density at radius 2 is 1.82 bits per heavy atom. The summed E-state index contributed by atoms with van der Waals surface area (Å²) in [5.74, 6) is 0.611. The smallest absolute Gasteiger partial charge is 0.273 e. The number of nitrogens with zero attached hydrogens (tertiary/aromatic N) is 3. The Labute approximate surface area is 168 Å². The van der Waals surface area contributed by atoms with Gasteiger partial charge in [-0.2, -0.15) is 0 Å². The molecule has 148 valence electrons. The number of carbonyl (C=O) groups excluding carboxylic acids is 1. The SMILES string of the molecule is Cc1ccc(C(=O)N2CCN(CCOc3ccc(Cl)cc3)CC2)cc1[N+](=O)[O-]. The van der Waals surface area contributed by atoms with Crippen molar-refractivity contribution in [2.24, 2.45) is 0 Å². The monoisotopic (exact) mass is 403 g/mol. The van der Waals surface area contributed by atoms with Gasteiger partial charge in [-0.05, 0) is 37.3 Å². The number of ether oxygens (including phenoxy) is 1. The van der Waals surface area contributed by atoms with Gasteiger partial charge in [0.15, 0.2) is 0 Å². The molecule has 0 bridgehead atoms. The van der Waals surface area contributed by atoms with Gasteiger partial charge in [-0.1, -0.05) is 17.7 Å². The van der Waals surface area contributed by atoms with Crippen LogP contribution in [0, 0.1) is 17.0 Å². The zero-order valence-corrected chi connectivity index (χ0v) is 16.4. The summed E-state index contributed by atoms with van der Waals surface area (Å²) in [5.41, 5.74) is 0.882. The van der Waals surface area contributed by atoms with Crippen LogP contribution in [0.2, 0.25) is 5.02 Å². The number of halogens is 1. The lowest BCUT2D eigenvalue weighted by Crippen LogP contribution is -2.49. The van der Waals surface area contributed by atoms with Gasteiger partial charge in [0.05, 0.1) is 4.92 Å². The Hall–Kier alpha value is -2.64. The number of amides is 1. The molecule has 2 aromatic carbocycles. The molecule has 1 aliphatic heterocycles. The van der Waals surface area contributed by atoms with Gasteiger partial charge >= 0.3 is 0 Å². The molecular weight excluding hydrogens is 382 g/mol. The number of rotatable bonds is 6. The Morgan fingerprint density at radius 1 is 1.14 bits per heavy atom. The summed E-state index contributed by atoms with van der Waals surface area (Å²) in [6, 6.07) is 11.9. The first kappa shape index (κ1) is 20.1. The van der Waals surface area contributed by atoms with E-state index in [1.54, 1.807) is 36.1 Å². The molecule has 1 saturated heterocycles. The molecule has 1 aliphatic rings. The predicted octanol–water partition coefficient (Wildman–Crippen LogP) is 3.39. The molecule has 0 radical (unpaired) electrons. The summed E-state index contributed by atoms with van der Waals surface area (Å²) in [7, 11) is 0. The average molecular weight is 404 g/mol. The van der Waals surface area contributed by atoms with Crippen LogP contribution in [0.15, 0.2) is 42.5 Å². The first-order valence-corrected chi connectivity index (χ1v) is 9.47. The first-order valence-electron chi connectivity index (χ1n) is 9.09. The second-order valence-corrected chi connectivity index (χ2v) is 7.13. The lowest BCUT2D eigenvalue weighted by molar-refractivity contribution is -0.385. The maximum atomic E-state index is 12.7. The summed E-state index contributed by atoms with van der Waals surface area (Å²) >= 11 is 5.85. The molecule has 0 aromatic heterocycles. The Bertz CT molecular complexity index is 849. The minimum atomic E-state index is -0.454. The topological polar surface area (TPSA) is 75.9 Å². The van der Waals surface area contributed by atoms with Gasteiger partial charge in [0.1, 0.15) is 12.4 Å². The normalized spacial score (nSPS) is 14.7. The first-order chi connectivity index (χ1) is 13.4. The third-order valence-corrected chi connectivity index (χ3v) is 5.05. The van der Waals surface area contributed by atoms with E-state index in [4.69, 9.17) is 16.3 Å². The molecule has 8 heteroatoms. The quantitative estimate of drug-likeness (QED) is 0.545. The van der Waals surface area contributed by atoms with Crippen LogP contribution in [0.25, 0.3) is 0 Å². The Morgan fingerprint density at radius 3 is 2.46 bits per heavy atom. The third-order valence-electron chi connectivity index (χ3n) is 4.80. The van der Waals surface area contributed by atoms with Crippen molar-refractivity contribution in [3.05, 3.63) is 68.7 Å². The standard InChI is InChI=1S/C20H22ClN3O4/c1-15-2-3-16(14-19(15)24(26)27)20(25)23-10-8-22(9-11-23)12-13-28-18-6-4-17(21)5-7-18/h2-7,14H,8-13H2,1H3. The minimum absolute atomic E-state index is 0.0242. The highest BCUT2D eigenvalue weighted by Gasteiger charge is 2.23. The van der Waals surface area contributed by atoms with Gasteiger partial charge in [-0.25, -0.2) is 0 Å². The Kier molecular flexibility index (Phi) is 6.49. The van der Waals surface area contributed by atoms with E-state index in [0.29, 0.717) is 35.8 Å². The van der Waals surface area contributed by atoms with Gasteiger partial charge in [0.2, 0.25) is 0 Å². The predicted molar refractivity (Wildman–Crippen MR) is 107 cm³/mol. The van der Waals surface area contributed by atoms with Crippen molar-refractivity contribution in [1.29, 1.82) is 0 Å². The lowest BCUT2D eigenvalue weighted by atomic mass is 10.1. The van der Waals surface area contributed by atoms with Gasteiger partial charge in [-0.15, -0.1) is 0 Å². The summed E-state index contributed by atoms with van der Waals surface area (Å²) in [5, 5.41) is 11.8. The molecule has 1 amide bonds. The molecule has 28 heavy (non-hydrogen) atoms. The number of nitro benzene ring substituents is 1. The van der Waals surface area contributed by atoms with Crippen LogP contribution in [-0.4, -0.2) is 60.0 Å². The van der Waals surface area contributed by atoms with E-state index in [9.17, 15) is 14.9 Å². The third kappa shape index (κ3) is 4.99. The second kappa shape index (κ2) is 9.03. The highest BCUT2D eigenvalue weighted by atomic mass is 35.5. The Balaban J connectivity index is 1.48. The summed E-state index contributed by atoms with van der Waals surface area (Å²) < 4.78 is 5.71. The maximum Gasteiger partial charge on any atom is 0.273 e. The fourth-order valence-electron chi connectivity index (χ4n) is 3.12. The van der Waals surface area contributed by atoms with Crippen molar-refractivity contribution in [3.63, 3.8) is 0 Å². The highest BCUT2D eigenvalue weighted by Crippen LogP contribution is 2.21. The molecule has 3 rings (SSSR count). The second-order valence-electron chi connectivity index (χ2n) is 6.69. The molecule has 0 spiro atoms. The largest absolute Gasteiger partial charge is 0.492 e. The molecular formula is C20H22ClN3O4. The number of aryl methyl sites for hydroxylation is 1. The van der Waals surface area contributed by atoms with E-state index < -0.39 is 4.92 Å². The van der Waals surface area contributed by atoms with E-state index in [1.807, 2.05) is 12.1 Å². The summed E-state index contributed by atoms with van der Waals surface area (Å²) in [6.45, 7) is 5.63. The van der Waals surface area contributed by atoms with E-state index >= 15 is 0 Å². The molecule has 0 saturated carbocycles. The number of carbonyl (C=O) groups is 1. The van der Waals surface area contributed by atoms with E-state index in [1.165, 1.54) is 6.07 Å². The molecule has 0 atom stereocenters. The van der Waals surface area contributed by atoms with Crippen molar-refractivity contribution in [3.8, 4) is 5.75 Å². The number of hydrogen-bond donors (Lipinski definition) is 0. The number of benzene rings is 2. The van der Waals surface area contributed by atoms with Crippen LogP contribution in [0.3, 0.4) is 0 Å². The van der Waals surface area contributed by atoms with Crippen LogP contribution in [0.1, 0.15) is 15.9 Å². The van der Waals surface area contributed by atoms with Crippen LogP contribution < -0.4 is 4.74 Å². The number of hydrogen-bond acceptors (Lipinski definition) is 5. The number of nitro groups is 1. The van der Waals surface area contributed by atoms with Crippen molar-refractivity contribution in [2.45, 2.75) is 6.92 Å². The highest BCUT2D eigenvalue weighted by molar-refractivity contribution is 6.30. The lowest BCUT2D eigenvalue weighted by Gasteiger charge is -2.34. The molecule has 1 fully saturated rings. The molecule has 0 unspecified atom stereocenters. The molecule has 1 heterocycles. The average Bonchev–Trinajstić information content (AvgIpc) is 2.69. The van der Waals surface area contributed by atoms with Crippen LogP contribution in [-0.2, 0) is 0 Å². The van der Waals surface area contributed by atoms with Crippen molar-refractivity contribution in [2.75, 3.05) is 39.3 Å². The van der Waals surface area contributed by atoms with Crippen molar-refractivity contribution in [1.82, 2.24) is 9.80 Å². The van der Waals surface area contributed by atoms with Crippen LogP contribution in [0.4, 0.5) is 5.69 Å². The number of piperazine rings is 1. The zero-order valence-electron chi connectivity index (χ0n) is 15.6. The van der Waals surface area contributed by atoms with Crippen molar-refractivity contribution < 1.29 is 14.5 Å². The summed E-state index contributed by atoms with van der Waals surface area (Å²) in [6.07, 6.45) is 0. The van der Waals surface area contributed by atoms with E-state index in [-0.39, 0.29) is 11.6 Å². The van der Waals surface area contributed by atoms with Gasteiger partial charge < -0.3 is 9.64 Å².